The molecule has 0 saturated carbocycles. The van der Waals surface area contributed by atoms with E-state index in [0.717, 1.165) is 11.1 Å². The van der Waals surface area contributed by atoms with Crippen LogP contribution in [-0.2, 0) is 6.54 Å². The number of benzene rings is 2. The number of aliphatic hydroxyl groups excluding tert-OH is 1. The molecule has 4 nitrogen and oxygen atoms in total. The Labute approximate surface area is 124 Å². The van der Waals surface area contributed by atoms with Crippen molar-refractivity contribution in [3.63, 3.8) is 0 Å². The summed E-state index contributed by atoms with van der Waals surface area (Å²) in [7, 11) is 0. The number of carbonyl (C=O) groups excluding carboxylic acids is 1. The molecule has 2 amide bonds. The van der Waals surface area contributed by atoms with E-state index in [0.29, 0.717) is 12.2 Å². The number of aliphatic hydroxyl groups is 1. The van der Waals surface area contributed by atoms with E-state index in [1.54, 1.807) is 25.1 Å². The first-order valence-electron chi connectivity index (χ1n) is 6.93. The fraction of sp³-hybridized carbons (Fsp3) is 0.235. The van der Waals surface area contributed by atoms with Crippen LogP contribution in [0.1, 0.15) is 29.7 Å². The third-order valence-electron chi connectivity index (χ3n) is 3.16. The van der Waals surface area contributed by atoms with E-state index in [4.69, 9.17) is 0 Å². The Morgan fingerprint density at radius 2 is 1.95 bits per heavy atom. The van der Waals surface area contributed by atoms with E-state index in [2.05, 4.69) is 10.6 Å². The SMILES string of the molecule is Cc1cccc(CNC(=O)Nc2cccc(C(C)O)c2)c1. The lowest BCUT2D eigenvalue weighted by Gasteiger charge is -2.10. The van der Waals surface area contributed by atoms with E-state index < -0.39 is 6.10 Å². The Kier molecular flexibility index (Phi) is 4.95. The van der Waals surface area contributed by atoms with Crippen LogP contribution < -0.4 is 10.6 Å². The highest BCUT2D eigenvalue weighted by Crippen LogP contribution is 2.16. The van der Waals surface area contributed by atoms with Gasteiger partial charge in [-0.2, -0.15) is 0 Å². The van der Waals surface area contributed by atoms with E-state index in [1.165, 1.54) is 5.56 Å². The van der Waals surface area contributed by atoms with Crippen molar-refractivity contribution in [2.45, 2.75) is 26.5 Å². The normalized spacial score (nSPS) is 11.8. The molecule has 1 unspecified atom stereocenters. The van der Waals surface area contributed by atoms with E-state index >= 15 is 0 Å². The van der Waals surface area contributed by atoms with Crippen LogP contribution >= 0.6 is 0 Å². The van der Waals surface area contributed by atoms with Gasteiger partial charge in [-0.15, -0.1) is 0 Å². The fourth-order valence-corrected chi connectivity index (χ4v) is 2.06. The van der Waals surface area contributed by atoms with Crippen LogP contribution in [0.2, 0.25) is 0 Å². The molecule has 110 valence electrons. The molecule has 0 fully saturated rings. The Morgan fingerprint density at radius 1 is 1.19 bits per heavy atom. The van der Waals surface area contributed by atoms with E-state index in [9.17, 15) is 9.90 Å². The van der Waals surface area contributed by atoms with Gasteiger partial charge in [-0.25, -0.2) is 4.79 Å². The van der Waals surface area contributed by atoms with Gasteiger partial charge in [0.1, 0.15) is 0 Å². The van der Waals surface area contributed by atoms with Crippen molar-refractivity contribution in [1.82, 2.24) is 5.32 Å². The highest BCUT2D eigenvalue weighted by Gasteiger charge is 2.05. The summed E-state index contributed by atoms with van der Waals surface area (Å²) in [4.78, 5) is 11.9. The molecular weight excluding hydrogens is 264 g/mol. The minimum atomic E-state index is -0.554. The monoisotopic (exact) mass is 284 g/mol. The summed E-state index contributed by atoms with van der Waals surface area (Å²) in [5.74, 6) is 0. The van der Waals surface area contributed by atoms with Gasteiger partial charge in [-0.3, -0.25) is 0 Å². The van der Waals surface area contributed by atoms with Crippen LogP contribution in [0.5, 0.6) is 0 Å². The van der Waals surface area contributed by atoms with Crippen molar-refractivity contribution >= 4 is 11.7 Å². The average molecular weight is 284 g/mol. The molecule has 21 heavy (non-hydrogen) atoms. The molecule has 0 saturated heterocycles. The van der Waals surface area contributed by atoms with Crippen molar-refractivity contribution in [3.8, 4) is 0 Å². The Hall–Kier alpha value is -2.33. The van der Waals surface area contributed by atoms with E-state index in [1.807, 2.05) is 37.3 Å². The number of anilines is 1. The summed E-state index contributed by atoms with van der Waals surface area (Å²) < 4.78 is 0. The van der Waals surface area contributed by atoms with Gasteiger partial charge in [0.15, 0.2) is 0 Å². The molecule has 1 atom stereocenters. The summed E-state index contributed by atoms with van der Waals surface area (Å²) in [5, 5.41) is 15.1. The summed E-state index contributed by atoms with van der Waals surface area (Å²) in [6, 6.07) is 14.9. The summed E-state index contributed by atoms with van der Waals surface area (Å²) in [6.07, 6.45) is -0.554. The molecule has 0 heterocycles. The molecule has 0 spiro atoms. The number of amides is 2. The van der Waals surface area contributed by atoms with Gasteiger partial charge < -0.3 is 15.7 Å². The zero-order chi connectivity index (χ0) is 15.2. The first-order valence-corrected chi connectivity index (χ1v) is 6.93. The Morgan fingerprint density at radius 3 is 2.67 bits per heavy atom. The number of aryl methyl sites for hydroxylation is 1. The Bertz CT molecular complexity index is 624. The maximum absolute atomic E-state index is 11.9. The molecule has 2 rings (SSSR count). The molecule has 0 aliphatic carbocycles. The van der Waals surface area contributed by atoms with Crippen molar-refractivity contribution in [2.24, 2.45) is 0 Å². The third-order valence-corrected chi connectivity index (χ3v) is 3.16. The van der Waals surface area contributed by atoms with Gasteiger partial charge in [-0.1, -0.05) is 42.0 Å². The van der Waals surface area contributed by atoms with Crippen LogP contribution in [0.25, 0.3) is 0 Å². The molecule has 4 heteroatoms. The van der Waals surface area contributed by atoms with Crippen molar-refractivity contribution < 1.29 is 9.90 Å². The Balaban J connectivity index is 1.91. The molecule has 0 aliphatic rings. The summed E-state index contributed by atoms with van der Waals surface area (Å²) >= 11 is 0. The zero-order valence-corrected chi connectivity index (χ0v) is 12.3. The highest BCUT2D eigenvalue weighted by atomic mass is 16.3. The second kappa shape index (κ2) is 6.90. The standard InChI is InChI=1S/C17H20N2O2/c1-12-5-3-6-14(9-12)11-18-17(21)19-16-8-4-7-15(10-16)13(2)20/h3-10,13,20H,11H2,1-2H3,(H2,18,19,21). The first-order chi connectivity index (χ1) is 10.0. The second-order valence-corrected chi connectivity index (χ2v) is 5.10. The number of rotatable bonds is 4. The molecule has 0 bridgehead atoms. The number of carbonyl (C=O) groups is 1. The molecule has 2 aromatic rings. The number of nitrogens with one attached hydrogen (secondary N) is 2. The highest BCUT2D eigenvalue weighted by molar-refractivity contribution is 5.89. The quantitative estimate of drug-likeness (QED) is 0.806. The smallest absolute Gasteiger partial charge is 0.319 e. The predicted octanol–water partition coefficient (Wildman–Crippen LogP) is 3.37. The van der Waals surface area contributed by atoms with Gasteiger partial charge in [0, 0.05) is 12.2 Å². The van der Waals surface area contributed by atoms with Crippen molar-refractivity contribution in [3.05, 3.63) is 65.2 Å². The lowest BCUT2D eigenvalue weighted by molar-refractivity contribution is 0.199. The molecule has 0 radical (unpaired) electrons. The minimum Gasteiger partial charge on any atom is -0.389 e. The lowest BCUT2D eigenvalue weighted by Crippen LogP contribution is -2.28. The summed E-state index contributed by atoms with van der Waals surface area (Å²) in [6.45, 7) is 4.19. The fourth-order valence-electron chi connectivity index (χ4n) is 2.06. The van der Waals surface area contributed by atoms with Crippen LogP contribution in [0.15, 0.2) is 48.5 Å². The van der Waals surface area contributed by atoms with Crippen LogP contribution in [0.3, 0.4) is 0 Å². The topological polar surface area (TPSA) is 61.4 Å². The molecule has 2 aromatic carbocycles. The third kappa shape index (κ3) is 4.61. The predicted molar refractivity (Wildman–Crippen MR) is 84.1 cm³/mol. The van der Waals surface area contributed by atoms with Crippen molar-refractivity contribution in [1.29, 1.82) is 0 Å². The maximum atomic E-state index is 11.9. The van der Waals surface area contributed by atoms with Gasteiger partial charge in [-0.05, 0) is 37.1 Å². The lowest BCUT2D eigenvalue weighted by atomic mass is 10.1. The maximum Gasteiger partial charge on any atom is 0.319 e. The van der Waals surface area contributed by atoms with Crippen LogP contribution in [-0.4, -0.2) is 11.1 Å². The average Bonchev–Trinajstić information content (AvgIpc) is 2.45. The van der Waals surface area contributed by atoms with Crippen LogP contribution in [0.4, 0.5) is 10.5 Å². The number of urea groups is 1. The number of hydrogen-bond acceptors (Lipinski definition) is 2. The molecule has 0 aromatic heterocycles. The van der Waals surface area contributed by atoms with Crippen LogP contribution in [0, 0.1) is 6.92 Å². The van der Waals surface area contributed by atoms with E-state index in [-0.39, 0.29) is 6.03 Å². The molecule has 3 N–H and O–H groups in total. The molecular formula is C17H20N2O2. The molecule has 0 aliphatic heterocycles. The minimum absolute atomic E-state index is 0.265. The van der Waals surface area contributed by atoms with Gasteiger partial charge in [0.2, 0.25) is 0 Å². The van der Waals surface area contributed by atoms with Crippen molar-refractivity contribution in [2.75, 3.05) is 5.32 Å². The van der Waals surface area contributed by atoms with Gasteiger partial charge in [0.05, 0.1) is 6.10 Å². The van der Waals surface area contributed by atoms with Gasteiger partial charge in [0.25, 0.3) is 0 Å². The second-order valence-electron chi connectivity index (χ2n) is 5.10. The summed E-state index contributed by atoms with van der Waals surface area (Å²) in [5.41, 5.74) is 3.66. The largest absolute Gasteiger partial charge is 0.389 e. The first kappa shape index (κ1) is 15.1. The van der Waals surface area contributed by atoms with Gasteiger partial charge >= 0.3 is 6.03 Å². The zero-order valence-electron chi connectivity index (χ0n) is 12.3. The number of hydrogen-bond donors (Lipinski definition) is 3.